The van der Waals surface area contributed by atoms with Crippen LogP contribution in [0.3, 0.4) is 0 Å². The van der Waals surface area contributed by atoms with Crippen LogP contribution >= 0.6 is 0 Å². The number of carboxylic acids is 1. The number of carboxylic acid groups (broad SMARTS) is 1. The van der Waals surface area contributed by atoms with Crippen LogP contribution in [-0.2, 0) is 9.53 Å². The molecule has 0 aliphatic carbocycles. The molecule has 0 aromatic carbocycles. The minimum Gasteiger partial charge on any atom is -0.480 e. The molecule has 1 heterocycles. The number of carbonyl (C=O) groups is 2. The molecular weight excluding hydrogens is 238 g/mol. The number of pyridine rings is 1. The predicted molar refractivity (Wildman–Crippen MR) is 64.5 cm³/mol. The zero-order chi connectivity index (χ0) is 13.4. The van der Waals surface area contributed by atoms with E-state index in [9.17, 15) is 9.59 Å². The highest BCUT2D eigenvalue weighted by Gasteiger charge is 2.09. The second kappa shape index (κ2) is 7.23. The standard InChI is InChI=1S/C11H15N3O4/c1-14(9-3-2-4-12-7-9)11(17)13-5-6-18-8-10(15)16/h2-4,7H,5-6,8H2,1H3,(H,13,17)(H,15,16). The van der Waals surface area contributed by atoms with E-state index in [-0.39, 0.29) is 25.8 Å². The summed E-state index contributed by atoms with van der Waals surface area (Å²) >= 11 is 0. The molecular formula is C11H15N3O4. The lowest BCUT2D eigenvalue weighted by atomic mass is 10.4. The summed E-state index contributed by atoms with van der Waals surface area (Å²) in [5, 5.41) is 10.9. The van der Waals surface area contributed by atoms with Gasteiger partial charge in [0.25, 0.3) is 0 Å². The van der Waals surface area contributed by atoms with E-state index in [1.54, 1.807) is 31.6 Å². The van der Waals surface area contributed by atoms with Crippen LogP contribution in [0.15, 0.2) is 24.5 Å². The lowest BCUT2D eigenvalue weighted by Gasteiger charge is -2.17. The molecule has 98 valence electrons. The minimum absolute atomic E-state index is 0.152. The molecule has 7 heteroatoms. The number of urea groups is 1. The number of aliphatic carboxylic acids is 1. The van der Waals surface area contributed by atoms with Gasteiger partial charge in [-0.25, -0.2) is 9.59 Å². The van der Waals surface area contributed by atoms with Crippen LogP contribution in [0.4, 0.5) is 10.5 Å². The fourth-order valence-electron chi connectivity index (χ4n) is 1.18. The molecule has 18 heavy (non-hydrogen) atoms. The number of nitrogens with zero attached hydrogens (tertiary/aromatic N) is 2. The Morgan fingerprint density at radius 2 is 2.33 bits per heavy atom. The van der Waals surface area contributed by atoms with Crippen molar-refractivity contribution in [3.05, 3.63) is 24.5 Å². The highest BCUT2D eigenvalue weighted by molar-refractivity contribution is 5.91. The molecule has 0 spiro atoms. The highest BCUT2D eigenvalue weighted by Crippen LogP contribution is 2.08. The van der Waals surface area contributed by atoms with E-state index < -0.39 is 5.97 Å². The maximum atomic E-state index is 11.7. The number of amides is 2. The zero-order valence-corrected chi connectivity index (χ0v) is 10.00. The maximum absolute atomic E-state index is 11.7. The molecule has 2 amide bonds. The quantitative estimate of drug-likeness (QED) is 0.713. The van der Waals surface area contributed by atoms with Gasteiger partial charge < -0.3 is 15.2 Å². The smallest absolute Gasteiger partial charge is 0.329 e. The second-order valence-corrected chi connectivity index (χ2v) is 3.45. The van der Waals surface area contributed by atoms with Gasteiger partial charge in [-0.05, 0) is 12.1 Å². The third kappa shape index (κ3) is 4.79. The van der Waals surface area contributed by atoms with E-state index in [0.717, 1.165) is 0 Å². The Hall–Kier alpha value is -2.15. The summed E-state index contributed by atoms with van der Waals surface area (Å²) in [5.41, 5.74) is 0.668. The third-order valence-corrected chi connectivity index (χ3v) is 2.09. The van der Waals surface area contributed by atoms with Gasteiger partial charge in [0.2, 0.25) is 0 Å². The molecule has 0 fully saturated rings. The topological polar surface area (TPSA) is 91.8 Å². The normalized spacial score (nSPS) is 9.83. The average molecular weight is 253 g/mol. The van der Waals surface area contributed by atoms with E-state index in [1.807, 2.05) is 0 Å². The van der Waals surface area contributed by atoms with E-state index >= 15 is 0 Å². The molecule has 1 aromatic heterocycles. The van der Waals surface area contributed by atoms with E-state index in [0.29, 0.717) is 5.69 Å². The molecule has 0 radical (unpaired) electrons. The first-order chi connectivity index (χ1) is 8.61. The van der Waals surface area contributed by atoms with Crippen molar-refractivity contribution in [2.45, 2.75) is 0 Å². The minimum atomic E-state index is -1.03. The Morgan fingerprint density at radius 3 is 2.94 bits per heavy atom. The van der Waals surface area contributed by atoms with Gasteiger partial charge in [0.05, 0.1) is 18.5 Å². The van der Waals surface area contributed by atoms with Gasteiger partial charge in [0.1, 0.15) is 6.61 Å². The Balaban J connectivity index is 2.26. The molecule has 7 nitrogen and oxygen atoms in total. The molecule has 0 bridgehead atoms. The van der Waals surface area contributed by atoms with Crippen LogP contribution in [-0.4, -0.2) is 48.9 Å². The number of hydrogen-bond acceptors (Lipinski definition) is 4. The van der Waals surface area contributed by atoms with Crippen LogP contribution in [0.5, 0.6) is 0 Å². The molecule has 0 aliphatic heterocycles. The summed E-state index contributed by atoms with van der Waals surface area (Å²) < 4.78 is 4.79. The number of nitrogens with one attached hydrogen (secondary N) is 1. The highest BCUT2D eigenvalue weighted by atomic mass is 16.5. The first kappa shape index (κ1) is 13.9. The van der Waals surface area contributed by atoms with E-state index in [4.69, 9.17) is 9.84 Å². The van der Waals surface area contributed by atoms with Crippen molar-refractivity contribution in [2.75, 3.05) is 31.7 Å². The summed E-state index contributed by atoms with van der Waals surface area (Å²) in [5.74, 6) is -1.03. The Kier molecular flexibility index (Phi) is 5.59. The fourth-order valence-corrected chi connectivity index (χ4v) is 1.18. The van der Waals surface area contributed by atoms with Gasteiger partial charge in [-0.15, -0.1) is 0 Å². The van der Waals surface area contributed by atoms with Crippen LogP contribution in [0, 0.1) is 0 Å². The largest absolute Gasteiger partial charge is 0.480 e. The number of aromatic nitrogens is 1. The molecule has 0 unspecified atom stereocenters. The average Bonchev–Trinajstić information content (AvgIpc) is 2.38. The van der Waals surface area contributed by atoms with Crippen molar-refractivity contribution in [2.24, 2.45) is 0 Å². The molecule has 0 saturated carbocycles. The Labute approximate surface area is 104 Å². The van der Waals surface area contributed by atoms with Gasteiger partial charge in [0, 0.05) is 19.8 Å². The van der Waals surface area contributed by atoms with Gasteiger partial charge in [0.15, 0.2) is 0 Å². The molecule has 2 N–H and O–H groups in total. The van der Waals surface area contributed by atoms with Crippen LogP contribution < -0.4 is 10.2 Å². The van der Waals surface area contributed by atoms with Crippen molar-refractivity contribution in [3.63, 3.8) is 0 Å². The molecule has 1 rings (SSSR count). The third-order valence-electron chi connectivity index (χ3n) is 2.09. The van der Waals surface area contributed by atoms with Gasteiger partial charge in [-0.3, -0.25) is 9.88 Å². The summed E-state index contributed by atoms with van der Waals surface area (Å²) in [6, 6.07) is 3.18. The summed E-state index contributed by atoms with van der Waals surface area (Å²) in [6.07, 6.45) is 3.19. The Bertz CT molecular complexity index is 397. The van der Waals surface area contributed by atoms with Crippen molar-refractivity contribution in [1.82, 2.24) is 10.3 Å². The lowest BCUT2D eigenvalue weighted by Crippen LogP contribution is -2.39. The van der Waals surface area contributed by atoms with Gasteiger partial charge >= 0.3 is 12.0 Å². The van der Waals surface area contributed by atoms with Crippen LogP contribution in [0.25, 0.3) is 0 Å². The number of carbonyl (C=O) groups excluding carboxylic acids is 1. The van der Waals surface area contributed by atoms with Crippen molar-refractivity contribution < 1.29 is 19.4 Å². The summed E-state index contributed by atoms with van der Waals surface area (Å²) in [4.78, 5) is 27.1. The SMILES string of the molecule is CN(C(=O)NCCOCC(=O)O)c1cccnc1. The van der Waals surface area contributed by atoms with Crippen molar-refractivity contribution in [1.29, 1.82) is 0 Å². The fraction of sp³-hybridized carbons (Fsp3) is 0.364. The van der Waals surface area contributed by atoms with Crippen molar-refractivity contribution >= 4 is 17.7 Å². The summed E-state index contributed by atoms with van der Waals surface area (Å²) in [6.45, 7) is 0.0317. The zero-order valence-electron chi connectivity index (χ0n) is 10.00. The van der Waals surface area contributed by atoms with Crippen LogP contribution in [0.1, 0.15) is 0 Å². The van der Waals surface area contributed by atoms with E-state index in [1.165, 1.54) is 4.90 Å². The first-order valence-electron chi connectivity index (χ1n) is 5.32. The lowest BCUT2D eigenvalue weighted by molar-refractivity contribution is -0.142. The summed E-state index contributed by atoms with van der Waals surface area (Å²) in [7, 11) is 1.62. The predicted octanol–water partition coefficient (Wildman–Crippen LogP) is 0.329. The number of hydrogen-bond donors (Lipinski definition) is 2. The molecule has 0 aliphatic rings. The van der Waals surface area contributed by atoms with Gasteiger partial charge in [-0.2, -0.15) is 0 Å². The number of anilines is 1. The van der Waals surface area contributed by atoms with Crippen molar-refractivity contribution in [3.8, 4) is 0 Å². The maximum Gasteiger partial charge on any atom is 0.329 e. The molecule has 0 atom stereocenters. The van der Waals surface area contributed by atoms with Gasteiger partial charge in [-0.1, -0.05) is 0 Å². The number of rotatable bonds is 6. The van der Waals surface area contributed by atoms with E-state index in [2.05, 4.69) is 10.3 Å². The first-order valence-corrected chi connectivity index (χ1v) is 5.32. The molecule has 0 saturated heterocycles. The second-order valence-electron chi connectivity index (χ2n) is 3.45. The van der Waals surface area contributed by atoms with Crippen LogP contribution in [0.2, 0.25) is 0 Å². The number of ether oxygens (including phenoxy) is 1. The molecule has 1 aromatic rings. The Morgan fingerprint density at radius 1 is 1.56 bits per heavy atom. The monoisotopic (exact) mass is 253 g/mol.